The van der Waals surface area contributed by atoms with Crippen molar-refractivity contribution in [2.75, 3.05) is 0 Å². The maximum Gasteiger partial charge on any atom is 0.00401 e. The highest BCUT2D eigenvalue weighted by Crippen LogP contribution is 2.15. The molecule has 1 aromatic heterocycles. The summed E-state index contributed by atoms with van der Waals surface area (Å²) in [5.74, 6) is 0. The van der Waals surface area contributed by atoms with Gasteiger partial charge in [-0.25, -0.2) is 0 Å². The van der Waals surface area contributed by atoms with Gasteiger partial charge in [-0.15, -0.1) is 0 Å². The van der Waals surface area contributed by atoms with Crippen molar-refractivity contribution in [3.8, 4) is 0 Å². The van der Waals surface area contributed by atoms with Gasteiger partial charge >= 0.3 is 0 Å². The number of aromatic amines is 1. The van der Waals surface area contributed by atoms with Crippen LogP contribution in [0, 0.1) is 0 Å². The van der Waals surface area contributed by atoms with Crippen LogP contribution in [0.25, 0.3) is 0 Å². The molecule has 0 radical (unpaired) electrons. The molecule has 104 valence electrons. The Balaban J connectivity index is 2.01. The second kappa shape index (κ2) is 10.2. The van der Waals surface area contributed by atoms with Crippen molar-refractivity contribution in [3.63, 3.8) is 0 Å². The molecule has 1 heterocycles. The molecule has 0 fully saturated rings. The van der Waals surface area contributed by atoms with E-state index in [1.807, 2.05) is 0 Å². The summed E-state index contributed by atoms with van der Waals surface area (Å²) >= 11 is 0. The van der Waals surface area contributed by atoms with Crippen LogP contribution >= 0.6 is 0 Å². The molecule has 0 atom stereocenters. The third kappa shape index (κ3) is 6.28. The first kappa shape index (κ1) is 15.3. The zero-order valence-corrected chi connectivity index (χ0v) is 12.4. The molecule has 0 saturated carbocycles. The maximum atomic E-state index is 3.26. The minimum absolute atomic E-state index is 1.23. The molecule has 1 nitrogen and oxygen atoms in total. The molecule has 0 aromatic carbocycles. The summed E-state index contributed by atoms with van der Waals surface area (Å²) in [6.45, 7) is 4.54. The minimum atomic E-state index is 1.23. The highest BCUT2D eigenvalue weighted by molar-refractivity contribution is 5.23. The maximum absolute atomic E-state index is 3.26. The first-order valence-corrected chi connectivity index (χ1v) is 8.03. The van der Waals surface area contributed by atoms with Crippen LogP contribution in [0.15, 0.2) is 12.4 Å². The lowest BCUT2D eigenvalue weighted by molar-refractivity contribution is 0.575. The van der Waals surface area contributed by atoms with Gasteiger partial charge in [0.25, 0.3) is 0 Å². The third-order valence-electron chi connectivity index (χ3n) is 3.75. The van der Waals surface area contributed by atoms with E-state index in [9.17, 15) is 0 Å². The predicted molar refractivity (Wildman–Crippen MR) is 81.1 cm³/mol. The van der Waals surface area contributed by atoms with E-state index >= 15 is 0 Å². The van der Waals surface area contributed by atoms with Crippen LogP contribution in [-0.4, -0.2) is 4.98 Å². The zero-order valence-electron chi connectivity index (χ0n) is 12.4. The fraction of sp³-hybridized carbons (Fsp3) is 0.765. The molecule has 0 saturated heterocycles. The molecule has 0 spiro atoms. The number of hydrogen-bond acceptors (Lipinski definition) is 0. The fourth-order valence-electron chi connectivity index (χ4n) is 2.61. The van der Waals surface area contributed by atoms with Gasteiger partial charge in [-0.1, -0.05) is 65.2 Å². The molecule has 1 rings (SSSR count). The van der Waals surface area contributed by atoms with Gasteiger partial charge in [-0.05, 0) is 30.4 Å². The number of aromatic nitrogens is 1. The van der Waals surface area contributed by atoms with Crippen molar-refractivity contribution in [2.24, 2.45) is 0 Å². The van der Waals surface area contributed by atoms with Gasteiger partial charge in [0, 0.05) is 12.4 Å². The van der Waals surface area contributed by atoms with Crippen LogP contribution in [0.3, 0.4) is 0 Å². The highest BCUT2D eigenvalue weighted by Gasteiger charge is 2.02. The van der Waals surface area contributed by atoms with E-state index in [0.29, 0.717) is 0 Å². The van der Waals surface area contributed by atoms with E-state index in [4.69, 9.17) is 0 Å². The first-order chi connectivity index (χ1) is 8.88. The molecule has 0 unspecified atom stereocenters. The molecule has 0 aliphatic heterocycles. The van der Waals surface area contributed by atoms with Crippen molar-refractivity contribution in [2.45, 2.75) is 84.5 Å². The van der Waals surface area contributed by atoms with Crippen molar-refractivity contribution >= 4 is 0 Å². The number of H-pyrrole nitrogens is 1. The lowest BCUT2D eigenvalue weighted by Gasteiger charge is -2.03. The number of nitrogens with one attached hydrogen (secondary N) is 1. The molecular weight excluding hydrogens is 218 g/mol. The summed E-state index contributed by atoms with van der Waals surface area (Å²) in [7, 11) is 0. The summed E-state index contributed by atoms with van der Waals surface area (Å²) in [4.78, 5) is 3.26. The molecule has 18 heavy (non-hydrogen) atoms. The second-order valence-corrected chi connectivity index (χ2v) is 5.48. The van der Waals surface area contributed by atoms with Gasteiger partial charge in [0.2, 0.25) is 0 Å². The monoisotopic (exact) mass is 249 g/mol. The number of aryl methyl sites for hydroxylation is 2. The Morgan fingerprint density at radius 1 is 0.667 bits per heavy atom. The topological polar surface area (TPSA) is 15.8 Å². The van der Waals surface area contributed by atoms with Gasteiger partial charge < -0.3 is 4.98 Å². The van der Waals surface area contributed by atoms with Gasteiger partial charge in [-0.3, -0.25) is 0 Å². The molecule has 1 aromatic rings. The average Bonchev–Trinajstić information content (AvgIpc) is 2.81. The summed E-state index contributed by atoms with van der Waals surface area (Å²) < 4.78 is 0. The summed E-state index contributed by atoms with van der Waals surface area (Å²) in [6.07, 6.45) is 19.4. The van der Waals surface area contributed by atoms with Gasteiger partial charge in [0.05, 0.1) is 0 Å². The van der Waals surface area contributed by atoms with E-state index in [0.717, 1.165) is 0 Å². The van der Waals surface area contributed by atoms with Gasteiger partial charge in [-0.2, -0.15) is 0 Å². The molecule has 1 N–H and O–H groups in total. The Hall–Kier alpha value is -0.720. The van der Waals surface area contributed by atoms with Crippen LogP contribution < -0.4 is 0 Å². The highest BCUT2D eigenvalue weighted by atomic mass is 14.6. The summed E-state index contributed by atoms with van der Waals surface area (Å²) in [5.41, 5.74) is 3.10. The number of hydrogen-bond donors (Lipinski definition) is 1. The summed E-state index contributed by atoms with van der Waals surface area (Å²) in [6, 6.07) is 0. The SMILES string of the molecule is CCCCCCCCCCc1c[nH]cc1CCC. The van der Waals surface area contributed by atoms with Crippen LogP contribution in [-0.2, 0) is 12.8 Å². The van der Waals surface area contributed by atoms with E-state index < -0.39 is 0 Å². The van der Waals surface area contributed by atoms with E-state index in [2.05, 4.69) is 31.2 Å². The third-order valence-corrected chi connectivity index (χ3v) is 3.75. The molecule has 0 amide bonds. The summed E-state index contributed by atoms with van der Waals surface area (Å²) in [5, 5.41) is 0. The molecule has 0 bridgehead atoms. The van der Waals surface area contributed by atoms with Crippen molar-refractivity contribution in [1.82, 2.24) is 4.98 Å². The zero-order chi connectivity index (χ0) is 13.1. The number of rotatable bonds is 11. The Labute approximate surface area is 113 Å². The largest absolute Gasteiger partial charge is 0.367 e. The van der Waals surface area contributed by atoms with Crippen LogP contribution in [0.2, 0.25) is 0 Å². The van der Waals surface area contributed by atoms with Crippen molar-refractivity contribution < 1.29 is 0 Å². The lowest BCUT2D eigenvalue weighted by Crippen LogP contribution is -1.90. The fourth-order valence-corrected chi connectivity index (χ4v) is 2.61. The minimum Gasteiger partial charge on any atom is -0.367 e. The van der Waals surface area contributed by atoms with Crippen LogP contribution in [0.1, 0.15) is 82.8 Å². The van der Waals surface area contributed by atoms with Crippen LogP contribution in [0.4, 0.5) is 0 Å². The molecular formula is C17H31N. The Kier molecular flexibility index (Phi) is 8.71. The first-order valence-electron chi connectivity index (χ1n) is 8.03. The molecule has 1 heteroatoms. The Bertz CT molecular complexity index is 288. The van der Waals surface area contributed by atoms with Crippen molar-refractivity contribution in [1.29, 1.82) is 0 Å². The Morgan fingerprint density at radius 2 is 1.22 bits per heavy atom. The molecule has 0 aliphatic rings. The normalized spacial score (nSPS) is 11.0. The standard InChI is InChI=1S/C17H31N/c1-3-5-6-7-8-9-10-11-13-17-15-18-14-16(17)12-4-2/h14-15,18H,3-13H2,1-2H3. The predicted octanol–water partition coefficient (Wildman–Crippen LogP) is 5.65. The van der Waals surface area contributed by atoms with E-state index in [1.54, 1.807) is 11.1 Å². The van der Waals surface area contributed by atoms with Gasteiger partial charge in [0.1, 0.15) is 0 Å². The average molecular weight is 249 g/mol. The van der Waals surface area contributed by atoms with E-state index in [1.165, 1.54) is 70.6 Å². The Morgan fingerprint density at radius 3 is 1.83 bits per heavy atom. The van der Waals surface area contributed by atoms with Gasteiger partial charge in [0.15, 0.2) is 0 Å². The lowest BCUT2D eigenvalue weighted by atomic mass is 10.0. The molecule has 0 aliphatic carbocycles. The van der Waals surface area contributed by atoms with Crippen LogP contribution in [0.5, 0.6) is 0 Å². The number of unbranched alkanes of at least 4 members (excludes halogenated alkanes) is 7. The quantitative estimate of drug-likeness (QED) is 0.488. The second-order valence-electron chi connectivity index (χ2n) is 5.48. The smallest absolute Gasteiger partial charge is 0.00401 e. The van der Waals surface area contributed by atoms with Crippen molar-refractivity contribution in [3.05, 3.63) is 23.5 Å². The van der Waals surface area contributed by atoms with E-state index in [-0.39, 0.29) is 0 Å².